The minimum Gasteiger partial charge on any atom is -0.482 e. The number of fused-ring (bicyclic) bond motifs is 2. The first kappa shape index (κ1) is 16.8. The van der Waals surface area contributed by atoms with Crippen LogP contribution in [0.5, 0.6) is 5.75 Å². The summed E-state index contributed by atoms with van der Waals surface area (Å²) in [5, 5.41) is 3.92. The molecule has 142 valence electrons. The number of benzene rings is 1. The van der Waals surface area contributed by atoms with Crippen LogP contribution in [0, 0.1) is 0 Å². The van der Waals surface area contributed by atoms with Crippen molar-refractivity contribution in [1.82, 2.24) is 14.9 Å². The van der Waals surface area contributed by atoms with Gasteiger partial charge in [0, 0.05) is 36.4 Å². The van der Waals surface area contributed by atoms with Gasteiger partial charge in [-0.3, -0.25) is 9.59 Å². The maximum absolute atomic E-state index is 12.9. The molecule has 0 saturated carbocycles. The van der Waals surface area contributed by atoms with Crippen LogP contribution < -0.4 is 10.1 Å². The molecule has 0 bridgehead atoms. The highest BCUT2D eigenvalue weighted by molar-refractivity contribution is 6.00. The van der Waals surface area contributed by atoms with Crippen molar-refractivity contribution >= 4 is 28.5 Å². The number of hydrogen-bond donors (Lipinski definition) is 2. The van der Waals surface area contributed by atoms with Gasteiger partial charge in [0.05, 0.1) is 5.69 Å². The molecular formula is C21H20N4O3. The SMILES string of the molecule is O=C1COc2ccc(C(=O)N3CCC(c4c[nH]c5ncccc45)CC3)cc2N1. The smallest absolute Gasteiger partial charge is 0.262 e. The Morgan fingerprint density at radius 2 is 2.07 bits per heavy atom. The Labute approximate surface area is 161 Å². The molecular weight excluding hydrogens is 356 g/mol. The molecule has 0 spiro atoms. The van der Waals surface area contributed by atoms with E-state index in [1.807, 2.05) is 17.2 Å². The Morgan fingerprint density at radius 3 is 2.93 bits per heavy atom. The highest BCUT2D eigenvalue weighted by Gasteiger charge is 2.27. The first-order chi connectivity index (χ1) is 13.7. The van der Waals surface area contributed by atoms with Crippen LogP contribution in [0.4, 0.5) is 5.69 Å². The number of rotatable bonds is 2. The van der Waals surface area contributed by atoms with Gasteiger partial charge >= 0.3 is 0 Å². The second kappa shape index (κ2) is 6.67. The van der Waals surface area contributed by atoms with E-state index in [9.17, 15) is 9.59 Å². The predicted molar refractivity (Wildman–Crippen MR) is 105 cm³/mol. The lowest BCUT2D eigenvalue weighted by molar-refractivity contribution is -0.118. The van der Waals surface area contributed by atoms with Gasteiger partial charge < -0.3 is 19.9 Å². The summed E-state index contributed by atoms with van der Waals surface area (Å²) in [6.07, 6.45) is 5.67. The number of piperidine rings is 1. The number of H-pyrrole nitrogens is 1. The number of pyridine rings is 1. The number of ether oxygens (including phenoxy) is 1. The van der Waals surface area contributed by atoms with E-state index in [4.69, 9.17) is 4.74 Å². The Bertz CT molecular complexity index is 1070. The van der Waals surface area contributed by atoms with Crippen molar-refractivity contribution in [2.75, 3.05) is 25.0 Å². The second-order valence-electron chi connectivity index (χ2n) is 7.26. The average molecular weight is 376 g/mol. The third-order valence-corrected chi connectivity index (χ3v) is 5.56. The highest BCUT2D eigenvalue weighted by Crippen LogP contribution is 2.34. The van der Waals surface area contributed by atoms with Crippen molar-refractivity contribution < 1.29 is 14.3 Å². The van der Waals surface area contributed by atoms with Crippen LogP contribution in [0.2, 0.25) is 0 Å². The van der Waals surface area contributed by atoms with Crippen LogP contribution in [0.25, 0.3) is 11.0 Å². The summed E-state index contributed by atoms with van der Waals surface area (Å²) in [4.78, 5) is 33.9. The summed E-state index contributed by atoms with van der Waals surface area (Å²) in [6.45, 7) is 1.42. The Hall–Kier alpha value is -3.35. The zero-order valence-corrected chi connectivity index (χ0v) is 15.3. The highest BCUT2D eigenvalue weighted by atomic mass is 16.5. The number of hydrogen-bond acceptors (Lipinski definition) is 4. The molecule has 0 unspecified atom stereocenters. The van der Waals surface area contributed by atoms with Gasteiger partial charge in [0.25, 0.3) is 11.8 Å². The lowest BCUT2D eigenvalue weighted by atomic mass is 9.89. The van der Waals surface area contributed by atoms with Gasteiger partial charge in [-0.05, 0) is 54.7 Å². The van der Waals surface area contributed by atoms with Crippen molar-refractivity contribution in [2.24, 2.45) is 0 Å². The van der Waals surface area contributed by atoms with E-state index >= 15 is 0 Å². The number of nitrogens with one attached hydrogen (secondary N) is 2. The number of aromatic nitrogens is 2. The summed E-state index contributed by atoms with van der Waals surface area (Å²) in [5.41, 5.74) is 3.32. The molecule has 4 heterocycles. The molecule has 0 radical (unpaired) electrons. The number of nitrogens with zero attached hydrogens (tertiary/aromatic N) is 2. The van der Waals surface area contributed by atoms with E-state index in [1.165, 1.54) is 5.56 Å². The maximum Gasteiger partial charge on any atom is 0.262 e. The molecule has 5 rings (SSSR count). The van der Waals surface area contributed by atoms with E-state index in [1.54, 1.807) is 24.4 Å². The Morgan fingerprint density at radius 1 is 1.21 bits per heavy atom. The van der Waals surface area contributed by atoms with E-state index in [-0.39, 0.29) is 18.4 Å². The molecule has 28 heavy (non-hydrogen) atoms. The minimum atomic E-state index is -0.203. The first-order valence-corrected chi connectivity index (χ1v) is 9.47. The molecule has 1 saturated heterocycles. The lowest BCUT2D eigenvalue weighted by Gasteiger charge is -2.32. The van der Waals surface area contributed by atoms with Crippen LogP contribution in [-0.4, -0.2) is 46.4 Å². The normalized spacial score (nSPS) is 17.1. The summed E-state index contributed by atoms with van der Waals surface area (Å²) < 4.78 is 5.36. The third kappa shape index (κ3) is 2.89. The number of carbonyl (C=O) groups excluding carboxylic acids is 2. The molecule has 7 heteroatoms. The van der Waals surface area contributed by atoms with Crippen LogP contribution in [0.15, 0.2) is 42.7 Å². The fourth-order valence-electron chi connectivity index (χ4n) is 4.11. The molecule has 1 fully saturated rings. The molecule has 0 atom stereocenters. The fraction of sp³-hybridized carbons (Fsp3) is 0.286. The van der Waals surface area contributed by atoms with Crippen molar-refractivity contribution in [2.45, 2.75) is 18.8 Å². The van der Waals surface area contributed by atoms with Crippen molar-refractivity contribution in [3.63, 3.8) is 0 Å². The molecule has 7 nitrogen and oxygen atoms in total. The van der Waals surface area contributed by atoms with Crippen molar-refractivity contribution in [3.8, 4) is 5.75 Å². The summed E-state index contributed by atoms with van der Waals surface area (Å²) in [5.74, 6) is 0.800. The monoisotopic (exact) mass is 376 g/mol. The van der Waals surface area contributed by atoms with Crippen LogP contribution >= 0.6 is 0 Å². The number of amides is 2. The quantitative estimate of drug-likeness (QED) is 0.720. The standard InChI is InChI=1S/C21H20N4O3/c26-19-12-28-18-4-3-14(10-17(18)24-19)21(27)25-8-5-13(6-9-25)16-11-23-20-15(16)2-1-7-22-20/h1-4,7,10-11,13H,5-6,8-9,12H2,(H,22,23)(H,24,26). The van der Waals surface area contributed by atoms with Gasteiger partial charge in [-0.1, -0.05) is 0 Å². The van der Waals surface area contributed by atoms with Gasteiger partial charge in [0.15, 0.2) is 6.61 Å². The number of carbonyl (C=O) groups is 2. The molecule has 0 aliphatic carbocycles. The van der Waals surface area contributed by atoms with Crippen LogP contribution in [0.3, 0.4) is 0 Å². The average Bonchev–Trinajstić information content (AvgIpc) is 3.17. The summed E-state index contributed by atoms with van der Waals surface area (Å²) in [7, 11) is 0. The number of likely N-dealkylation sites (tertiary alicyclic amines) is 1. The van der Waals surface area contributed by atoms with E-state index in [2.05, 4.69) is 21.4 Å². The Balaban J connectivity index is 1.30. The molecule has 2 N–H and O–H groups in total. The summed E-state index contributed by atoms with van der Waals surface area (Å²) >= 11 is 0. The molecule has 3 aromatic rings. The van der Waals surface area contributed by atoms with Gasteiger partial charge in [-0.2, -0.15) is 0 Å². The van der Waals surface area contributed by atoms with E-state index in [0.717, 1.165) is 23.9 Å². The molecule has 2 aliphatic heterocycles. The number of aromatic amines is 1. The summed E-state index contributed by atoms with van der Waals surface area (Å²) in [6, 6.07) is 9.25. The fourth-order valence-corrected chi connectivity index (χ4v) is 4.11. The lowest BCUT2D eigenvalue weighted by Crippen LogP contribution is -2.38. The zero-order valence-electron chi connectivity index (χ0n) is 15.3. The van der Waals surface area contributed by atoms with Crippen LogP contribution in [0.1, 0.15) is 34.7 Å². The number of anilines is 1. The Kier molecular flexibility index (Phi) is 4.00. The first-order valence-electron chi connectivity index (χ1n) is 9.47. The largest absolute Gasteiger partial charge is 0.482 e. The zero-order chi connectivity index (χ0) is 19.1. The molecule has 2 amide bonds. The predicted octanol–water partition coefficient (Wildman–Crippen LogP) is 2.91. The van der Waals surface area contributed by atoms with Crippen molar-refractivity contribution in [3.05, 3.63) is 53.9 Å². The van der Waals surface area contributed by atoms with Gasteiger partial charge in [-0.25, -0.2) is 4.98 Å². The minimum absolute atomic E-state index is 0.0111. The van der Waals surface area contributed by atoms with Gasteiger partial charge in [-0.15, -0.1) is 0 Å². The topological polar surface area (TPSA) is 87.3 Å². The third-order valence-electron chi connectivity index (χ3n) is 5.56. The maximum atomic E-state index is 12.9. The molecule has 1 aromatic carbocycles. The van der Waals surface area contributed by atoms with Gasteiger partial charge in [0.1, 0.15) is 11.4 Å². The van der Waals surface area contributed by atoms with E-state index < -0.39 is 0 Å². The van der Waals surface area contributed by atoms with Crippen molar-refractivity contribution in [1.29, 1.82) is 0 Å². The van der Waals surface area contributed by atoms with Crippen LogP contribution in [-0.2, 0) is 4.79 Å². The molecule has 2 aromatic heterocycles. The van der Waals surface area contributed by atoms with E-state index in [0.29, 0.717) is 36.0 Å². The second-order valence-corrected chi connectivity index (χ2v) is 7.26. The van der Waals surface area contributed by atoms with Gasteiger partial charge in [0.2, 0.25) is 0 Å². The molecule has 2 aliphatic rings.